The highest BCUT2D eigenvalue weighted by Crippen LogP contribution is 2.21. The number of carbonyl (C=O) groups is 1. The molecule has 1 aromatic carbocycles. The van der Waals surface area contributed by atoms with Gasteiger partial charge in [-0.1, -0.05) is 27.3 Å². The number of Topliss-reactive ketones (excluding diaryl/α,β-unsaturated/α-hetero) is 1. The summed E-state index contributed by atoms with van der Waals surface area (Å²) in [6.07, 6.45) is 0.817. The molecule has 0 saturated heterocycles. The highest BCUT2D eigenvalue weighted by atomic mass is 79.9. The molecule has 6 heteroatoms. The number of nitrogens with zero attached hydrogens (tertiary/aromatic N) is 2. The van der Waals surface area contributed by atoms with Crippen LogP contribution in [0.3, 0.4) is 0 Å². The first-order chi connectivity index (χ1) is 8.61. The minimum atomic E-state index is -0.348. The summed E-state index contributed by atoms with van der Waals surface area (Å²) in [6.45, 7) is 1.92. The molecule has 0 aliphatic heterocycles. The van der Waals surface area contributed by atoms with Crippen LogP contribution < -0.4 is 0 Å². The summed E-state index contributed by atoms with van der Waals surface area (Å²) in [5.74, 6) is -0.424. The molecule has 0 aliphatic carbocycles. The molecule has 0 atom stereocenters. The third kappa shape index (κ3) is 2.81. The van der Waals surface area contributed by atoms with Crippen LogP contribution in [0.5, 0.6) is 0 Å². The fourth-order valence-corrected chi connectivity index (χ4v) is 2.66. The van der Waals surface area contributed by atoms with Crippen molar-refractivity contribution in [3.63, 3.8) is 0 Å². The van der Waals surface area contributed by atoms with Crippen LogP contribution in [0.4, 0.5) is 4.39 Å². The summed E-state index contributed by atoms with van der Waals surface area (Å²) in [5, 5.41) is 3.90. The van der Waals surface area contributed by atoms with Gasteiger partial charge in [0.2, 0.25) is 0 Å². The van der Waals surface area contributed by atoms with E-state index in [0.717, 1.165) is 16.0 Å². The molecule has 0 N–H and O–H groups in total. The zero-order valence-corrected chi connectivity index (χ0v) is 12.0. The molecular weight excluding hydrogens is 319 g/mol. The van der Waals surface area contributed by atoms with Gasteiger partial charge in [-0.05, 0) is 41.7 Å². The molecule has 0 aliphatic rings. The van der Waals surface area contributed by atoms with Crippen molar-refractivity contribution in [2.24, 2.45) is 0 Å². The highest BCUT2D eigenvalue weighted by Gasteiger charge is 2.16. The SMILES string of the molecule is CCc1nnsc1C(=O)Cc1cc(F)ccc1Br. The molecule has 94 valence electrons. The standard InChI is InChI=1S/C12H10BrFN2OS/c1-2-10-12(18-16-15-10)11(17)6-7-5-8(14)3-4-9(7)13/h3-5H,2,6H2,1H3. The van der Waals surface area contributed by atoms with Gasteiger partial charge >= 0.3 is 0 Å². The number of hydrogen-bond donors (Lipinski definition) is 0. The lowest BCUT2D eigenvalue weighted by Gasteiger charge is -2.03. The summed E-state index contributed by atoms with van der Waals surface area (Å²) in [7, 11) is 0. The van der Waals surface area contributed by atoms with Crippen LogP contribution in [-0.4, -0.2) is 15.4 Å². The van der Waals surface area contributed by atoms with Gasteiger partial charge < -0.3 is 0 Å². The molecule has 18 heavy (non-hydrogen) atoms. The zero-order valence-electron chi connectivity index (χ0n) is 9.61. The van der Waals surface area contributed by atoms with E-state index in [9.17, 15) is 9.18 Å². The Hall–Kier alpha value is -1.14. The second kappa shape index (κ2) is 5.67. The van der Waals surface area contributed by atoms with E-state index in [0.29, 0.717) is 22.6 Å². The first-order valence-electron chi connectivity index (χ1n) is 5.40. The third-order valence-corrected chi connectivity index (χ3v) is 4.09. The van der Waals surface area contributed by atoms with Crippen molar-refractivity contribution in [1.29, 1.82) is 0 Å². The van der Waals surface area contributed by atoms with Crippen molar-refractivity contribution in [1.82, 2.24) is 9.59 Å². The fraction of sp³-hybridized carbons (Fsp3) is 0.250. The molecule has 0 spiro atoms. The molecule has 2 rings (SSSR count). The summed E-state index contributed by atoms with van der Waals surface area (Å²) in [5.41, 5.74) is 1.34. The molecule has 0 radical (unpaired) electrons. The van der Waals surface area contributed by atoms with E-state index in [-0.39, 0.29) is 18.0 Å². The van der Waals surface area contributed by atoms with Crippen molar-refractivity contribution in [3.8, 4) is 0 Å². The summed E-state index contributed by atoms with van der Waals surface area (Å²) in [6, 6.07) is 4.31. The van der Waals surface area contributed by atoms with Gasteiger partial charge in [-0.2, -0.15) is 0 Å². The molecule has 0 fully saturated rings. The van der Waals surface area contributed by atoms with E-state index in [1.54, 1.807) is 6.07 Å². The molecule has 1 heterocycles. The maximum atomic E-state index is 13.1. The van der Waals surface area contributed by atoms with E-state index in [2.05, 4.69) is 25.5 Å². The van der Waals surface area contributed by atoms with Gasteiger partial charge in [0.25, 0.3) is 0 Å². The quantitative estimate of drug-likeness (QED) is 0.807. The Labute approximate surface area is 116 Å². The topological polar surface area (TPSA) is 42.9 Å². The van der Waals surface area contributed by atoms with Gasteiger partial charge in [0, 0.05) is 10.9 Å². The third-order valence-electron chi connectivity index (χ3n) is 2.50. The number of halogens is 2. The van der Waals surface area contributed by atoms with Gasteiger partial charge in [0.1, 0.15) is 10.7 Å². The minimum absolute atomic E-state index is 0.0758. The number of carbonyl (C=O) groups excluding carboxylic acids is 1. The van der Waals surface area contributed by atoms with Gasteiger partial charge in [-0.3, -0.25) is 4.79 Å². The Balaban J connectivity index is 2.24. The predicted molar refractivity (Wildman–Crippen MR) is 71.4 cm³/mol. The van der Waals surface area contributed by atoms with E-state index in [1.165, 1.54) is 12.1 Å². The Kier molecular flexibility index (Phi) is 4.19. The van der Waals surface area contributed by atoms with Crippen molar-refractivity contribution in [2.75, 3.05) is 0 Å². The summed E-state index contributed by atoms with van der Waals surface area (Å²) >= 11 is 4.40. The maximum absolute atomic E-state index is 13.1. The largest absolute Gasteiger partial charge is 0.293 e. The number of ketones is 1. The molecule has 0 bridgehead atoms. The van der Waals surface area contributed by atoms with Crippen LogP contribution >= 0.6 is 27.5 Å². The number of hydrogen-bond acceptors (Lipinski definition) is 4. The lowest BCUT2D eigenvalue weighted by molar-refractivity contribution is 0.0995. The van der Waals surface area contributed by atoms with Crippen LogP contribution in [0.25, 0.3) is 0 Å². The number of benzene rings is 1. The van der Waals surface area contributed by atoms with Gasteiger partial charge in [-0.15, -0.1) is 5.10 Å². The van der Waals surface area contributed by atoms with Crippen LogP contribution in [0.2, 0.25) is 0 Å². The van der Waals surface area contributed by atoms with Crippen molar-refractivity contribution < 1.29 is 9.18 Å². The zero-order chi connectivity index (χ0) is 13.1. The first-order valence-corrected chi connectivity index (χ1v) is 6.96. The Morgan fingerprint density at radius 1 is 1.50 bits per heavy atom. The van der Waals surface area contributed by atoms with E-state index >= 15 is 0 Å². The van der Waals surface area contributed by atoms with Gasteiger partial charge in [-0.25, -0.2) is 4.39 Å². The van der Waals surface area contributed by atoms with Crippen molar-refractivity contribution in [2.45, 2.75) is 19.8 Å². The molecule has 0 amide bonds. The molecule has 2 aromatic rings. The molecular formula is C12H10BrFN2OS. The van der Waals surface area contributed by atoms with Gasteiger partial charge in [0.05, 0.1) is 5.69 Å². The number of rotatable bonds is 4. The Morgan fingerprint density at radius 3 is 3.00 bits per heavy atom. The second-order valence-electron chi connectivity index (χ2n) is 3.74. The normalized spacial score (nSPS) is 10.6. The summed E-state index contributed by atoms with van der Waals surface area (Å²) < 4.78 is 17.6. The monoisotopic (exact) mass is 328 g/mol. The second-order valence-corrected chi connectivity index (χ2v) is 5.35. The Morgan fingerprint density at radius 2 is 2.28 bits per heavy atom. The van der Waals surface area contributed by atoms with E-state index in [1.807, 2.05) is 6.92 Å². The average molecular weight is 329 g/mol. The van der Waals surface area contributed by atoms with E-state index < -0.39 is 0 Å². The Bertz CT molecular complexity index is 585. The molecule has 3 nitrogen and oxygen atoms in total. The molecule has 0 saturated carbocycles. The van der Waals surface area contributed by atoms with Crippen molar-refractivity contribution >= 4 is 33.2 Å². The predicted octanol–water partition coefficient (Wildman–Crippen LogP) is 3.43. The van der Waals surface area contributed by atoms with Crippen LogP contribution in [-0.2, 0) is 12.8 Å². The number of aryl methyl sites for hydroxylation is 1. The maximum Gasteiger partial charge on any atom is 0.180 e. The first kappa shape index (κ1) is 13.3. The van der Waals surface area contributed by atoms with Crippen molar-refractivity contribution in [3.05, 3.63) is 44.6 Å². The molecule has 0 unspecified atom stereocenters. The van der Waals surface area contributed by atoms with E-state index in [4.69, 9.17) is 0 Å². The summed E-state index contributed by atoms with van der Waals surface area (Å²) in [4.78, 5) is 12.7. The highest BCUT2D eigenvalue weighted by molar-refractivity contribution is 9.10. The minimum Gasteiger partial charge on any atom is -0.293 e. The smallest absolute Gasteiger partial charge is 0.180 e. The average Bonchev–Trinajstić information content (AvgIpc) is 2.82. The van der Waals surface area contributed by atoms with Crippen LogP contribution in [0, 0.1) is 5.82 Å². The van der Waals surface area contributed by atoms with Crippen LogP contribution in [0.1, 0.15) is 27.9 Å². The lowest BCUT2D eigenvalue weighted by atomic mass is 10.1. The lowest BCUT2D eigenvalue weighted by Crippen LogP contribution is -2.05. The molecule has 1 aromatic heterocycles. The number of aromatic nitrogens is 2. The van der Waals surface area contributed by atoms with Gasteiger partial charge in [0.15, 0.2) is 5.78 Å². The van der Waals surface area contributed by atoms with Crippen LogP contribution in [0.15, 0.2) is 22.7 Å². The fourth-order valence-electron chi connectivity index (χ4n) is 1.58.